The Labute approximate surface area is 130 Å². The lowest BCUT2D eigenvalue weighted by molar-refractivity contribution is -0.316. The molecule has 0 saturated carbocycles. The highest BCUT2D eigenvalue weighted by molar-refractivity contribution is 5.66. The predicted molar refractivity (Wildman–Crippen MR) is 75.5 cm³/mol. The van der Waals surface area contributed by atoms with Crippen molar-refractivity contribution in [3.05, 3.63) is 0 Å². The first kappa shape index (κ1) is 19.3. The fourth-order valence-electron chi connectivity index (χ4n) is 2.64. The topological polar surface area (TPSA) is 81.7 Å². The van der Waals surface area contributed by atoms with Gasteiger partial charge in [0.05, 0.1) is 6.61 Å². The summed E-state index contributed by atoms with van der Waals surface area (Å²) in [5.74, 6) is -0.453. The van der Waals surface area contributed by atoms with Crippen molar-refractivity contribution in [3.8, 4) is 0 Å². The molecule has 0 aromatic rings. The van der Waals surface area contributed by atoms with Crippen LogP contribution in [0.25, 0.3) is 0 Å². The molecule has 1 heterocycles. The SMILES string of the molecule is COC[C@@H](OC)[C@H]1OC(OC)[C@H](OC(C)=O)[C@@H](OC)[C@@H]1OC. The van der Waals surface area contributed by atoms with Gasteiger partial charge in [0.1, 0.15) is 24.4 Å². The van der Waals surface area contributed by atoms with Crippen LogP contribution < -0.4 is 0 Å². The summed E-state index contributed by atoms with van der Waals surface area (Å²) in [6.07, 6.45) is -3.50. The van der Waals surface area contributed by atoms with Gasteiger partial charge >= 0.3 is 5.97 Å². The molecular weight excluding hydrogens is 296 g/mol. The number of methoxy groups -OCH3 is 5. The van der Waals surface area contributed by atoms with Crippen LogP contribution in [-0.4, -0.2) is 84.9 Å². The Morgan fingerprint density at radius 1 is 1.00 bits per heavy atom. The first-order chi connectivity index (χ1) is 10.5. The third-order valence-corrected chi connectivity index (χ3v) is 3.61. The Hall–Kier alpha value is -0.770. The molecule has 130 valence electrons. The number of hydrogen-bond acceptors (Lipinski definition) is 8. The molecule has 1 fully saturated rings. The second-order valence-electron chi connectivity index (χ2n) is 4.91. The van der Waals surface area contributed by atoms with Crippen LogP contribution in [-0.2, 0) is 38.0 Å². The van der Waals surface area contributed by atoms with Gasteiger partial charge in [0.25, 0.3) is 0 Å². The van der Waals surface area contributed by atoms with E-state index in [1.54, 1.807) is 14.2 Å². The van der Waals surface area contributed by atoms with Gasteiger partial charge in [-0.1, -0.05) is 0 Å². The smallest absolute Gasteiger partial charge is 0.303 e. The van der Waals surface area contributed by atoms with E-state index in [1.165, 1.54) is 28.3 Å². The molecule has 0 aromatic carbocycles. The summed E-state index contributed by atoms with van der Waals surface area (Å²) in [4.78, 5) is 11.3. The van der Waals surface area contributed by atoms with Crippen LogP contribution in [0.1, 0.15) is 6.92 Å². The van der Waals surface area contributed by atoms with Crippen LogP contribution in [0.5, 0.6) is 0 Å². The van der Waals surface area contributed by atoms with E-state index in [9.17, 15) is 4.79 Å². The summed E-state index contributed by atoms with van der Waals surface area (Å²) in [6, 6.07) is 0. The maximum absolute atomic E-state index is 11.3. The zero-order chi connectivity index (χ0) is 16.7. The summed E-state index contributed by atoms with van der Waals surface area (Å²) in [5.41, 5.74) is 0. The van der Waals surface area contributed by atoms with Crippen molar-refractivity contribution in [3.63, 3.8) is 0 Å². The average Bonchev–Trinajstić information content (AvgIpc) is 2.51. The molecule has 0 bridgehead atoms. The van der Waals surface area contributed by atoms with Crippen LogP contribution in [0.3, 0.4) is 0 Å². The van der Waals surface area contributed by atoms with Crippen LogP contribution in [0.15, 0.2) is 0 Å². The number of esters is 1. The number of rotatable bonds is 8. The first-order valence-corrected chi connectivity index (χ1v) is 6.96. The van der Waals surface area contributed by atoms with Gasteiger partial charge in [-0.25, -0.2) is 0 Å². The largest absolute Gasteiger partial charge is 0.454 e. The summed E-state index contributed by atoms with van der Waals surface area (Å²) in [6.45, 7) is 1.63. The van der Waals surface area contributed by atoms with Crippen LogP contribution in [0.4, 0.5) is 0 Å². The fraction of sp³-hybridized carbons (Fsp3) is 0.929. The molecule has 6 atom stereocenters. The molecule has 8 heteroatoms. The molecule has 22 heavy (non-hydrogen) atoms. The molecule has 0 aliphatic carbocycles. The normalized spacial score (nSPS) is 33.5. The molecule has 8 nitrogen and oxygen atoms in total. The maximum Gasteiger partial charge on any atom is 0.303 e. The maximum atomic E-state index is 11.3. The zero-order valence-electron chi connectivity index (χ0n) is 13.9. The lowest BCUT2D eigenvalue weighted by Crippen LogP contribution is -2.63. The van der Waals surface area contributed by atoms with Crippen molar-refractivity contribution in [2.45, 2.75) is 43.7 Å². The molecule has 1 aliphatic rings. The van der Waals surface area contributed by atoms with Gasteiger partial charge in [-0.3, -0.25) is 4.79 Å². The molecule has 1 rings (SSSR count). The molecule has 0 radical (unpaired) electrons. The third kappa shape index (κ3) is 4.37. The minimum absolute atomic E-state index is 0.312. The van der Waals surface area contributed by atoms with Crippen molar-refractivity contribution in [2.75, 3.05) is 42.2 Å². The summed E-state index contributed by atoms with van der Waals surface area (Å²) in [7, 11) is 7.64. The van der Waals surface area contributed by atoms with Gasteiger partial charge in [0, 0.05) is 42.5 Å². The number of carbonyl (C=O) groups is 1. The second-order valence-corrected chi connectivity index (χ2v) is 4.91. The molecule has 1 unspecified atom stereocenters. The molecule has 0 N–H and O–H groups in total. The van der Waals surface area contributed by atoms with Crippen LogP contribution in [0, 0.1) is 0 Å². The van der Waals surface area contributed by atoms with Gasteiger partial charge in [-0.05, 0) is 0 Å². The van der Waals surface area contributed by atoms with E-state index in [0.717, 1.165) is 0 Å². The third-order valence-electron chi connectivity index (χ3n) is 3.61. The Morgan fingerprint density at radius 2 is 1.64 bits per heavy atom. The molecule has 1 saturated heterocycles. The average molecular weight is 322 g/mol. The lowest BCUT2D eigenvalue weighted by atomic mass is 9.94. The monoisotopic (exact) mass is 322 g/mol. The van der Waals surface area contributed by atoms with Gasteiger partial charge in [0.15, 0.2) is 12.4 Å². The fourth-order valence-corrected chi connectivity index (χ4v) is 2.64. The van der Waals surface area contributed by atoms with Crippen molar-refractivity contribution >= 4 is 5.97 Å². The van der Waals surface area contributed by atoms with E-state index in [-0.39, 0.29) is 6.10 Å². The standard InChI is InChI=1S/C14H26O8/c1-8(15)21-13-12(19-5)11(18-4)10(22-14(13)20-6)9(17-3)7-16-2/h9-14H,7H2,1-6H3/t9-,10-,11-,12+,13-,14?/m1/s1. The number of carbonyl (C=O) groups excluding carboxylic acids is 1. The van der Waals surface area contributed by atoms with Crippen molar-refractivity contribution in [2.24, 2.45) is 0 Å². The Kier molecular flexibility index (Phi) is 8.23. The Bertz CT molecular complexity index is 337. The lowest BCUT2D eigenvalue weighted by Gasteiger charge is -2.45. The molecule has 0 amide bonds. The number of hydrogen-bond donors (Lipinski definition) is 0. The highest BCUT2D eigenvalue weighted by atomic mass is 16.7. The van der Waals surface area contributed by atoms with E-state index in [2.05, 4.69) is 0 Å². The highest BCUT2D eigenvalue weighted by Gasteiger charge is 2.51. The van der Waals surface area contributed by atoms with E-state index < -0.39 is 36.7 Å². The van der Waals surface area contributed by atoms with Gasteiger partial charge in [-0.2, -0.15) is 0 Å². The molecule has 1 aliphatic heterocycles. The van der Waals surface area contributed by atoms with E-state index in [0.29, 0.717) is 6.61 Å². The Balaban J connectivity index is 3.04. The van der Waals surface area contributed by atoms with Gasteiger partial charge in [-0.15, -0.1) is 0 Å². The Morgan fingerprint density at radius 3 is 2.05 bits per heavy atom. The van der Waals surface area contributed by atoms with Crippen molar-refractivity contribution in [1.82, 2.24) is 0 Å². The molecule has 0 aromatic heterocycles. The molecular formula is C14H26O8. The second kappa shape index (κ2) is 9.39. The van der Waals surface area contributed by atoms with Gasteiger partial charge < -0.3 is 33.2 Å². The van der Waals surface area contributed by atoms with Crippen molar-refractivity contribution in [1.29, 1.82) is 0 Å². The minimum atomic E-state index is -0.792. The zero-order valence-corrected chi connectivity index (χ0v) is 13.9. The van der Waals surface area contributed by atoms with E-state index in [4.69, 9.17) is 33.2 Å². The highest BCUT2D eigenvalue weighted by Crippen LogP contribution is 2.30. The van der Waals surface area contributed by atoms with E-state index >= 15 is 0 Å². The summed E-state index contributed by atoms with van der Waals surface area (Å²) in [5, 5.41) is 0. The van der Waals surface area contributed by atoms with Crippen LogP contribution in [0.2, 0.25) is 0 Å². The summed E-state index contributed by atoms with van der Waals surface area (Å²) >= 11 is 0. The summed E-state index contributed by atoms with van der Waals surface area (Å²) < 4.78 is 38.0. The van der Waals surface area contributed by atoms with Crippen LogP contribution >= 0.6 is 0 Å². The van der Waals surface area contributed by atoms with Gasteiger partial charge in [0.2, 0.25) is 0 Å². The number of ether oxygens (including phenoxy) is 7. The predicted octanol–water partition coefficient (Wildman–Crippen LogP) is -0.0192. The first-order valence-electron chi connectivity index (χ1n) is 6.96. The minimum Gasteiger partial charge on any atom is -0.454 e. The van der Waals surface area contributed by atoms with Crippen molar-refractivity contribution < 1.29 is 38.0 Å². The quantitative estimate of drug-likeness (QED) is 0.577. The van der Waals surface area contributed by atoms with E-state index in [1.807, 2.05) is 0 Å². The molecule has 0 spiro atoms.